The summed E-state index contributed by atoms with van der Waals surface area (Å²) in [5.74, 6) is 0.949. The molecule has 0 saturated heterocycles. The Balaban J connectivity index is 1.78. The van der Waals surface area contributed by atoms with Crippen LogP contribution in [0.5, 0.6) is 5.75 Å². The van der Waals surface area contributed by atoms with Crippen molar-refractivity contribution in [3.05, 3.63) is 42.5 Å². The van der Waals surface area contributed by atoms with Crippen LogP contribution in [-0.2, 0) is 4.74 Å². The fourth-order valence-corrected chi connectivity index (χ4v) is 1.97. The molecule has 0 spiro atoms. The maximum Gasteiger partial charge on any atom is 0.127 e. The Hall–Kier alpha value is -1.58. The lowest BCUT2D eigenvalue weighted by Gasteiger charge is -2.10. The first-order valence-corrected chi connectivity index (χ1v) is 6.81. The highest BCUT2D eigenvalue weighted by atomic mass is 16.5. The number of rotatable bonds is 8. The van der Waals surface area contributed by atoms with Crippen molar-refractivity contribution < 1.29 is 9.47 Å². The van der Waals surface area contributed by atoms with Crippen molar-refractivity contribution in [2.45, 2.75) is 6.92 Å². The Morgan fingerprint density at radius 1 is 0.947 bits per heavy atom. The van der Waals surface area contributed by atoms with E-state index in [0.717, 1.165) is 32.1 Å². The molecule has 19 heavy (non-hydrogen) atoms. The van der Waals surface area contributed by atoms with Crippen molar-refractivity contribution in [2.24, 2.45) is 0 Å². The molecule has 0 aliphatic rings. The Morgan fingerprint density at radius 2 is 1.74 bits per heavy atom. The molecule has 0 unspecified atom stereocenters. The summed E-state index contributed by atoms with van der Waals surface area (Å²) in [5.41, 5.74) is 0. The summed E-state index contributed by atoms with van der Waals surface area (Å²) in [6.45, 7) is 5.89. The number of benzene rings is 2. The second kappa shape index (κ2) is 7.77. The number of fused-ring (bicyclic) bond motifs is 1. The summed E-state index contributed by atoms with van der Waals surface area (Å²) < 4.78 is 11.1. The van der Waals surface area contributed by atoms with Gasteiger partial charge in [-0.15, -0.1) is 0 Å². The summed E-state index contributed by atoms with van der Waals surface area (Å²) in [7, 11) is 0. The highest BCUT2D eigenvalue weighted by Gasteiger charge is 2.00. The molecule has 0 aliphatic heterocycles. The van der Waals surface area contributed by atoms with E-state index in [1.807, 2.05) is 31.2 Å². The van der Waals surface area contributed by atoms with Gasteiger partial charge in [-0.25, -0.2) is 0 Å². The van der Waals surface area contributed by atoms with Gasteiger partial charge in [0.05, 0.1) is 6.61 Å². The molecule has 0 saturated carbocycles. The lowest BCUT2D eigenvalue weighted by Crippen LogP contribution is -2.25. The molecule has 0 amide bonds. The second-order valence-electron chi connectivity index (χ2n) is 4.27. The second-order valence-corrected chi connectivity index (χ2v) is 4.27. The van der Waals surface area contributed by atoms with Crippen LogP contribution in [0.1, 0.15) is 6.92 Å². The Labute approximate surface area is 114 Å². The normalized spacial score (nSPS) is 10.8. The molecule has 0 aliphatic carbocycles. The Morgan fingerprint density at radius 3 is 2.63 bits per heavy atom. The maximum absolute atomic E-state index is 5.82. The maximum atomic E-state index is 5.82. The Kier molecular flexibility index (Phi) is 5.66. The van der Waals surface area contributed by atoms with E-state index in [2.05, 4.69) is 23.5 Å². The molecular formula is C16H21NO2. The molecule has 2 aromatic carbocycles. The van der Waals surface area contributed by atoms with Crippen molar-refractivity contribution in [1.82, 2.24) is 5.32 Å². The van der Waals surface area contributed by atoms with E-state index in [1.165, 1.54) is 10.8 Å². The predicted molar refractivity (Wildman–Crippen MR) is 78.8 cm³/mol. The van der Waals surface area contributed by atoms with Crippen LogP contribution in [-0.4, -0.2) is 32.9 Å². The first kappa shape index (κ1) is 13.8. The van der Waals surface area contributed by atoms with Gasteiger partial charge in [-0.1, -0.05) is 36.4 Å². The average Bonchev–Trinajstić information content (AvgIpc) is 2.46. The lowest BCUT2D eigenvalue weighted by atomic mass is 10.1. The zero-order valence-electron chi connectivity index (χ0n) is 11.4. The van der Waals surface area contributed by atoms with Crippen molar-refractivity contribution in [1.29, 1.82) is 0 Å². The van der Waals surface area contributed by atoms with Crippen molar-refractivity contribution in [3.8, 4) is 5.75 Å². The van der Waals surface area contributed by atoms with Crippen LogP contribution in [0, 0.1) is 0 Å². The Bertz CT molecular complexity index is 494. The van der Waals surface area contributed by atoms with Gasteiger partial charge < -0.3 is 14.8 Å². The minimum absolute atomic E-state index is 0.667. The van der Waals surface area contributed by atoms with Crippen LogP contribution in [0.2, 0.25) is 0 Å². The largest absolute Gasteiger partial charge is 0.492 e. The van der Waals surface area contributed by atoms with Gasteiger partial charge in [0.15, 0.2) is 0 Å². The third-order valence-corrected chi connectivity index (χ3v) is 2.91. The minimum Gasteiger partial charge on any atom is -0.492 e. The minimum atomic E-state index is 0.667. The first-order chi connectivity index (χ1) is 9.42. The van der Waals surface area contributed by atoms with Gasteiger partial charge in [-0.3, -0.25) is 0 Å². The third-order valence-electron chi connectivity index (χ3n) is 2.91. The van der Waals surface area contributed by atoms with Crippen molar-refractivity contribution in [2.75, 3.05) is 32.9 Å². The van der Waals surface area contributed by atoms with E-state index in [0.29, 0.717) is 6.61 Å². The predicted octanol–water partition coefficient (Wildman–Crippen LogP) is 2.84. The smallest absolute Gasteiger partial charge is 0.127 e. The van der Waals surface area contributed by atoms with Gasteiger partial charge in [0.25, 0.3) is 0 Å². The number of nitrogens with one attached hydrogen (secondary N) is 1. The quantitative estimate of drug-likeness (QED) is 0.739. The molecule has 0 aromatic heterocycles. The van der Waals surface area contributed by atoms with Crippen molar-refractivity contribution >= 4 is 10.8 Å². The van der Waals surface area contributed by atoms with Gasteiger partial charge in [-0.05, 0) is 18.4 Å². The topological polar surface area (TPSA) is 30.5 Å². The first-order valence-electron chi connectivity index (χ1n) is 6.81. The van der Waals surface area contributed by atoms with Gasteiger partial charge in [0, 0.05) is 25.1 Å². The van der Waals surface area contributed by atoms with Gasteiger partial charge >= 0.3 is 0 Å². The zero-order valence-corrected chi connectivity index (χ0v) is 11.4. The SMILES string of the molecule is CCOCCNCCOc1cccc2ccccc12. The monoisotopic (exact) mass is 259 g/mol. The van der Waals surface area contributed by atoms with Crippen LogP contribution >= 0.6 is 0 Å². The summed E-state index contributed by atoms with van der Waals surface area (Å²) in [6, 6.07) is 14.4. The highest BCUT2D eigenvalue weighted by molar-refractivity contribution is 5.88. The average molecular weight is 259 g/mol. The lowest BCUT2D eigenvalue weighted by molar-refractivity contribution is 0.148. The van der Waals surface area contributed by atoms with Crippen LogP contribution < -0.4 is 10.1 Å². The molecule has 0 heterocycles. The van der Waals surface area contributed by atoms with Crippen molar-refractivity contribution in [3.63, 3.8) is 0 Å². The molecule has 3 heteroatoms. The highest BCUT2D eigenvalue weighted by Crippen LogP contribution is 2.24. The van der Waals surface area contributed by atoms with E-state index >= 15 is 0 Å². The molecule has 1 N–H and O–H groups in total. The molecule has 0 fully saturated rings. The molecule has 2 aromatic rings. The molecule has 3 nitrogen and oxygen atoms in total. The zero-order chi connectivity index (χ0) is 13.3. The third kappa shape index (κ3) is 4.23. The fourth-order valence-electron chi connectivity index (χ4n) is 1.97. The van der Waals surface area contributed by atoms with E-state index < -0.39 is 0 Å². The van der Waals surface area contributed by atoms with Gasteiger partial charge in [0.2, 0.25) is 0 Å². The van der Waals surface area contributed by atoms with Crippen LogP contribution in [0.15, 0.2) is 42.5 Å². The molecule has 0 radical (unpaired) electrons. The summed E-state index contributed by atoms with van der Waals surface area (Å²) in [5, 5.41) is 5.67. The van der Waals surface area contributed by atoms with Gasteiger partial charge in [-0.2, -0.15) is 0 Å². The molecule has 0 atom stereocenters. The summed E-state index contributed by atoms with van der Waals surface area (Å²) in [6.07, 6.45) is 0. The summed E-state index contributed by atoms with van der Waals surface area (Å²) in [4.78, 5) is 0. The molecule has 0 bridgehead atoms. The van der Waals surface area contributed by atoms with E-state index in [9.17, 15) is 0 Å². The van der Waals surface area contributed by atoms with E-state index in [4.69, 9.17) is 9.47 Å². The van der Waals surface area contributed by atoms with Crippen LogP contribution in [0.4, 0.5) is 0 Å². The van der Waals surface area contributed by atoms with E-state index in [1.54, 1.807) is 0 Å². The van der Waals surface area contributed by atoms with E-state index in [-0.39, 0.29) is 0 Å². The fraction of sp³-hybridized carbons (Fsp3) is 0.375. The number of ether oxygens (including phenoxy) is 2. The standard InChI is InChI=1S/C16H21NO2/c1-2-18-12-10-17-11-13-19-16-9-5-7-14-6-3-4-8-15(14)16/h3-9,17H,2,10-13H2,1H3. The van der Waals surface area contributed by atoms with Crippen LogP contribution in [0.3, 0.4) is 0 Å². The number of hydrogen-bond acceptors (Lipinski definition) is 3. The summed E-state index contributed by atoms with van der Waals surface area (Å²) >= 11 is 0. The molecular weight excluding hydrogens is 238 g/mol. The molecule has 2 rings (SSSR count). The molecule has 102 valence electrons. The number of hydrogen-bond donors (Lipinski definition) is 1. The van der Waals surface area contributed by atoms with Gasteiger partial charge in [0.1, 0.15) is 12.4 Å². The van der Waals surface area contributed by atoms with Crippen LogP contribution in [0.25, 0.3) is 10.8 Å².